The molecule has 0 aliphatic heterocycles. The Balaban J connectivity index is 0.000000752. The Hall–Kier alpha value is -2.87. The number of nitrogens with zero attached hydrogens (tertiary/aromatic N) is 5. The van der Waals surface area contributed by atoms with E-state index >= 15 is 0 Å². The molecule has 0 atom stereocenters. The third-order valence-corrected chi connectivity index (χ3v) is 3.17. The topological polar surface area (TPSA) is 123 Å². The van der Waals surface area contributed by atoms with Gasteiger partial charge in [0.15, 0.2) is 11.6 Å². The van der Waals surface area contributed by atoms with E-state index < -0.39 is 11.9 Å². The van der Waals surface area contributed by atoms with E-state index in [1.165, 1.54) is 0 Å². The first kappa shape index (κ1) is 26.1. The second-order valence-corrected chi connectivity index (χ2v) is 6.07. The van der Waals surface area contributed by atoms with Crippen molar-refractivity contribution in [3.63, 3.8) is 0 Å². The number of carboxylic acids is 2. The van der Waals surface area contributed by atoms with Crippen molar-refractivity contribution in [3.05, 3.63) is 53.1 Å². The molecule has 0 saturated carbocycles. The standard InChI is InChI=1S/C15H17N5.2C2H4O2.Zn/c1-10-8-12(3)19(17-10)14-6-5-7-15(16-14)20-13(4)9-11(2)18-20;2*1-2(3)4;/h5-9H,1-4H3;2*1H3,(H,3,4);. The molecule has 9 nitrogen and oxygen atoms in total. The van der Waals surface area contributed by atoms with Gasteiger partial charge in [-0.25, -0.2) is 14.3 Å². The molecule has 0 aliphatic rings. The molecule has 0 unspecified atom stereocenters. The molecule has 10 heteroatoms. The number of pyridine rings is 1. The smallest absolute Gasteiger partial charge is 0.300 e. The quantitative estimate of drug-likeness (QED) is 0.573. The van der Waals surface area contributed by atoms with Gasteiger partial charge in [0, 0.05) is 44.7 Å². The number of hydrogen-bond acceptors (Lipinski definition) is 5. The van der Waals surface area contributed by atoms with Crippen LogP contribution in [0, 0.1) is 27.7 Å². The number of aryl methyl sites for hydroxylation is 4. The number of rotatable bonds is 2. The summed E-state index contributed by atoms with van der Waals surface area (Å²) in [6.45, 7) is 10.2. The number of aliphatic carboxylic acids is 2. The summed E-state index contributed by atoms with van der Waals surface area (Å²) in [5.41, 5.74) is 4.11. The summed E-state index contributed by atoms with van der Waals surface area (Å²) in [5.74, 6) is -0.0543. The first-order valence-corrected chi connectivity index (χ1v) is 8.44. The fourth-order valence-corrected chi connectivity index (χ4v) is 2.37. The third-order valence-electron chi connectivity index (χ3n) is 3.17. The summed E-state index contributed by atoms with van der Waals surface area (Å²) < 4.78 is 3.70. The van der Waals surface area contributed by atoms with E-state index in [4.69, 9.17) is 19.8 Å². The second-order valence-electron chi connectivity index (χ2n) is 6.07. The van der Waals surface area contributed by atoms with Crippen LogP contribution in [0.3, 0.4) is 0 Å². The number of hydrogen-bond donors (Lipinski definition) is 2. The second kappa shape index (κ2) is 11.9. The SMILES string of the molecule is CC(=O)O.CC(=O)O.Cc1cc(C)n(-c2cccc(-n3nc(C)cc3C)n2)n1.[Zn]. The molecule has 3 aromatic rings. The van der Waals surface area contributed by atoms with Gasteiger partial charge in [-0.2, -0.15) is 10.2 Å². The van der Waals surface area contributed by atoms with Crippen molar-refractivity contribution in [3.8, 4) is 11.6 Å². The van der Waals surface area contributed by atoms with Crippen LogP contribution in [-0.4, -0.2) is 46.7 Å². The molecule has 0 aromatic carbocycles. The van der Waals surface area contributed by atoms with Gasteiger partial charge in [-0.1, -0.05) is 6.07 Å². The fourth-order valence-electron chi connectivity index (χ4n) is 2.37. The summed E-state index contributed by atoms with van der Waals surface area (Å²) in [4.78, 5) is 22.7. The van der Waals surface area contributed by atoms with Crippen LogP contribution in [-0.2, 0) is 29.1 Å². The van der Waals surface area contributed by atoms with E-state index in [1.807, 2.05) is 67.4 Å². The van der Waals surface area contributed by atoms with Gasteiger partial charge in [-0.15, -0.1) is 0 Å². The van der Waals surface area contributed by atoms with E-state index in [1.54, 1.807) is 0 Å². The van der Waals surface area contributed by atoms with E-state index in [2.05, 4.69) is 15.2 Å². The minimum atomic E-state index is -0.833. The maximum atomic E-state index is 9.00. The molecule has 0 saturated heterocycles. The third kappa shape index (κ3) is 8.78. The Kier molecular flexibility index (Phi) is 10.7. The first-order chi connectivity index (χ1) is 13.0. The van der Waals surface area contributed by atoms with E-state index in [9.17, 15) is 0 Å². The van der Waals surface area contributed by atoms with Gasteiger partial charge >= 0.3 is 0 Å². The van der Waals surface area contributed by atoms with Gasteiger partial charge in [-0.05, 0) is 52.0 Å². The Morgan fingerprint density at radius 3 is 1.34 bits per heavy atom. The molecule has 3 rings (SSSR count). The van der Waals surface area contributed by atoms with Gasteiger partial charge in [0.1, 0.15) is 0 Å². The van der Waals surface area contributed by atoms with Crippen LogP contribution < -0.4 is 0 Å². The van der Waals surface area contributed by atoms with Crippen molar-refractivity contribution in [1.29, 1.82) is 0 Å². The van der Waals surface area contributed by atoms with Gasteiger partial charge < -0.3 is 10.2 Å². The van der Waals surface area contributed by atoms with E-state index in [0.29, 0.717) is 0 Å². The summed E-state index contributed by atoms with van der Waals surface area (Å²) in [6.07, 6.45) is 0. The van der Waals surface area contributed by atoms with Crippen LogP contribution in [0.2, 0.25) is 0 Å². The number of carboxylic acid groups (broad SMARTS) is 2. The van der Waals surface area contributed by atoms with Gasteiger partial charge in [0.2, 0.25) is 0 Å². The Labute approximate surface area is 182 Å². The van der Waals surface area contributed by atoms with Gasteiger partial charge in [-0.3, -0.25) is 9.59 Å². The van der Waals surface area contributed by atoms with Crippen molar-refractivity contribution in [1.82, 2.24) is 24.5 Å². The number of aromatic nitrogens is 5. The van der Waals surface area contributed by atoms with Crippen LogP contribution in [0.1, 0.15) is 36.6 Å². The van der Waals surface area contributed by atoms with Crippen molar-refractivity contribution < 1.29 is 39.3 Å². The predicted octanol–water partition coefficient (Wildman–Crippen LogP) is 2.87. The maximum absolute atomic E-state index is 9.00. The monoisotopic (exact) mass is 451 g/mol. The molecular weight excluding hydrogens is 428 g/mol. The molecule has 152 valence electrons. The average Bonchev–Trinajstić information content (AvgIpc) is 3.07. The number of carbonyl (C=O) groups is 2. The molecule has 0 bridgehead atoms. The van der Waals surface area contributed by atoms with Crippen molar-refractivity contribution in [2.45, 2.75) is 41.5 Å². The Morgan fingerprint density at radius 2 is 1.10 bits per heavy atom. The summed E-state index contributed by atoms with van der Waals surface area (Å²) in [5, 5.41) is 23.8. The van der Waals surface area contributed by atoms with Crippen LogP contribution in [0.25, 0.3) is 11.6 Å². The molecule has 2 N–H and O–H groups in total. The zero-order chi connectivity index (χ0) is 21.4. The van der Waals surface area contributed by atoms with Crippen LogP contribution in [0.4, 0.5) is 0 Å². The maximum Gasteiger partial charge on any atom is 0.300 e. The molecule has 3 aromatic heterocycles. The minimum absolute atomic E-state index is 0. The van der Waals surface area contributed by atoms with Crippen molar-refractivity contribution >= 4 is 11.9 Å². The summed E-state index contributed by atoms with van der Waals surface area (Å²) in [7, 11) is 0. The van der Waals surface area contributed by atoms with E-state index in [-0.39, 0.29) is 19.5 Å². The Morgan fingerprint density at radius 1 is 0.793 bits per heavy atom. The molecule has 0 amide bonds. The largest absolute Gasteiger partial charge is 0.481 e. The molecule has 0 spiro atoms. The zero-order valence-electron chi connectivity index (χ0n) is 17.5. The van der Waals surface area contributed by atoms with Crippen molar-refractivity contribution in [2.75, 3.05) is 0 Å². The van der Waals surface area contributed by atoms with Crippen molar-refractivity contribution in [2.24, 2.45) is 0 Å². The van der Waals surface area contributed by atoms with Crippen LogP contribution >= 0.6 is 0 Å². The van der Waals surface area contributed by atoms with Crippen LogP contribution in [0.5, 0.6) is 0 Å². The average molecular weight is 453 g/mol. The predicted molar refractivity (Wildman–Crippen MR) is 104 cm³/mol. The first-order valence-electron chi connectivity index (χ1n) is 8.44. The minimum Gasteiger partial charge on any atom is -0.481 e. The zero-order valence-corrected chi connectivity index (χ0v) is 20.5. The van der Waals surface area contributed by atoms with E-state index in [0.717, 1.165) is 48.3 Å². The van der Waals surface area contributed by atoms with Crippen LogP contribution in [0.15, 0.2) is 30.3 Å². The fraction of sp³-hybridized carbons (Fsp3) is 0.316. The molecular formula is C19H25N5O4Zn. The Bertz CT molecular complexity index is 884. The molecule has 0 aliphatic carbocycles. The summed E-state index contributed by atoms with van der Waals surface area (Å²) in [6, 6.07) is 9.96. The normalized spacial score (nSPS) is 9.31. The van der Waals surface area contributed by atoms with Gasteiger partial charge in [0.25, 0.3) is 11.9 Å². The van der Waals surface area contributed by atoms with Gasteiger partial charge in [0.05, 0.1) is 11.4 Å². The molecule has 0 radical (unpaired) electrons. The molecule has 3 heterocycles. The molecule has 0 fully saturated rings. The molecule has 29 heavy (non-hydrogen) atoms. The summed E-state index contributed by atoms with van der Waals surface area (Å²) >= 11 is 0.